The Hall–Kier alpha value is -3.29. The highest BCUT2D eigenvalue weighted by atomic mass is 31.2. The number of halogens is 1. The van der Waals surface area contributed by atoms with Gasteiger partial charge >= 0.3 is 13.6 Å². The van der Waals surface area contributed by atoms with Crippen molar-refractivity contribution in [2.45, 2.75) is 70.4 Å². The molecule has 1 unspecified atom stereocenters. The average molecular weight is 611 g/mol. The minimum Gasteiger partial charge on any atom is -0.463 e. The van der Waals surface area contributed by atoms with E-state index >= 15 is 0 Å². The van der Waals surface area contributed by atoms with E-state index < -0.39 is 73.6 Å². The van der Waals surface area contributed by atoms with Gasteiger partial charge in [0.1, 0.15) is 30.2 Å². The van der Waals surface area contributed by atoms with Crippen molar-refractivity contribution >= 4 is 30.5 Å². The number of ether oxygens (including phenoxy) is 2. The van der Waals surface area contributed by atoms with E-state index in [-0.39, 0.29) is 22.7 Å². The second-order valence-electron chi connectivity index (χ2n) is 11.2. The summed E-state index contributed by atoms with van der Waals surface area (Å²) in [6, 6.07) is 9.53. The second kappa shape index (κ2) is 11.8. The summed E-state index contributed by atoms with van der Waals surface area (Å²) >= 11 is 0. The summed E-state index contributed by atoms with van der Waals surface area (Å²) < 4.78 is 53.1. The fourth-order valence-electron chi connectivity index (χ4n) is 4.89. The molecule has 0 amide bonds. The molecular formula is C27H36FN4O9P. The van der Waals surface area contributed by atoms with Crippen molar-refractivity contribution < 1.29 is 42.5 Å². The lowest BCUT2D eigenvalue weighted by atomic mass is 9.88. The molecule has 230 valence electrons. The van der Waals surface area contributed by atoms with Gasteiger partial charge in [0.2, 0.25) is 5.95 Å². The zero-order valence-corrected chi connectivity index (χ0v) is 24.8. The van der Waals surface area contributed by atoms with Crippen LogP contribution in [-0.4, -0.2) is 73.1 Å². The number of hydrogen-bond acceptors (Lipinski definition) is 11. The number of fused-ring (bicyclic) bond motifs is 1. The Morgan fingerprint density at radius 1 is 1.29 bits per heavy atom. The number of rotatable bonds is 11. The molecule has 5 N–H and O–H groups in total. The van der Waals surface area contributed by atoms with Crippen LogP contribution in [0, 0.1) is 5.92 Å². The maximum Gasteiger partial charge on any atom is 0.380 e. The van der Waals surface area contributed by atoms with Crippen LogP contribution in [0.25, 0.3) is 11.0 Å². The second-order valence-corrected chi connectivity index (χ2v) is 13.1. The Morgan fingerprint density at radius 2 is 1.95 bits per heavy atom. The van der Waals surface area contributed by atoms with Gasteiger partial charge in [-0.15, -0.1) is 0 Å². The highest BCUT2D eigenvalue weighted by molar-refractivity contribution is 7.54. The molecule has 0 aliphatic carbocycles. The van der Waals surface area contributed by atoms with Crippen molar-refractivity contribution in [2.75, 3.05) is 18.6 Å². The fourth-order valence-corrected chi connectivity index (χ4v) is 7.16. The Kier molecular flexibility index (Phi) is 8.87. The first-order valence-corrected chi connectivity index (χ1v) is 15.1. The van der Waals surface area contributed by atoms with Crippen LogP contribution in [0.2, 0.25) is 0 Å². The molecule has 1 aromatic carbocycles. The van der Waals surface area contributed by atoms with Gasteiger partial charge in [0.25, 0.3) is 5.56 Å². The first-order chi connectivity index (χ1) is 19.6. The first kappa shape index (κ1) is 31.6. The number of nitrogens with zero attached hydrogens (tertiary/aromatic N) is 2. The molecule has 2 aromatic heterocycles. The van der Waals surface area contributed by atoms with Crippen LogP contribution in [0.3, 0.4) is 0 Å². The molecule has 0 bridgehead atoms. The number of alkyl halides is 1. The van der Waals surface area contributed by atoms with Crippen LogP contribution in [0.5, 0.6) is 5.75 Å². The van der Waals surface area contributed by atoms with Crippen molar-refractivity contribution in [3.05, 3.63) is 52.9 Å². The number of nitrogens with one attached hydrogen (secondary N) is 1. The van der Waals surface area contributed by atoms with Crippen LogP contribution >= 0.6 is 7.60 Å². The van der Waals surface area contributed by atoms with E-state index in [1.807, 2.05) is 0 Å². The number of H-pyrrole nitrogens is 1. The van der Waals surface area contributed by atoms with Crippen LogP contribution in [0.4, 0.5) is 10.3 Å². The summed E-state index contributed by atoms with van der Waals surface area (Å²) in [6.07, 6.45) is -4.45. The Labute approximate surface area is 241 Å². The molecule has 1 saturated heterocycles. The number of aromatic nitrogens is 3. The summed E-state index contributed by atoms with van der Waals surface area (Å²) in [6.45, 7) is 6.26. The third-order valence-corrected chi connectivity index (χ3v) is 9.10. The van der Waals surface area contributed by atoms with Gasteiger partial charge in [0.15, 0.2) is 17.5 Å². The Morgan fingerprint density at radius 3 is 2.57 bits per heavy atom. The van der Waals surface area contributed by atoms with Crippen LogP contribution in [-0.2, 0) is 23.4 Å². The third-order valence-electron chi connectivity index (χ3n) is 6.87. The summed E-state index contributed by atoms with van der Waals surface area (Å²) in [5.41, 5.74) is 0.875. The van der Waals surface area contributed by atoms with Crippen molar-refractivity contribution in [1.29, 1.82) is 0 Å². The normalized spacial score (nSPS) is 24.9. The number of carbonyl (C=O) groups is 1. The maximum atomic E-state index is 14.5. The standard InChI is InChI=1S/C27H36FN4O9P/c1-15(2)38-23(35)16(3)13-42(37,40-17-9-7-6-8-10-17)41-26(4,5)20-19(33)27(36,14-28)24(39-20)32-12-11-18-21(32)30-25(29)31-22(18)34/h6-12,15-16,19-20,24,33,36H,13-14H2,1-5H3,(H3,29,30,31,34)/t16-,19+,20+,24-,27?,42+/m1/s1. The van der Waals surface area contributed by atoms with Gasteiger partial charge in [0.05, 0.1) is 23.6 Å². The molecule has 1 aliphatic heterocycles. The number of nitrogens with two attached hydrogens (primary N) is 1. The topological polar surface area (TPSA) is 188 Å². The smallest absolute Gasteiger partial charge is 0.380 e. The SMILES string of the molecule is CC(C)OC(=O)[C@H](C)C[P@](=O)(Oc1ccccc1)OC(C)(C)[C@H]1O[C@@H](n2ccc3c(=O)[nH]c(N)nc32)C(O)(CF)[C@H]1O. The highest BCUT2D eigenvalue weighted by Gasteiger charge is 2.62. The molecule has 15 heteroatoms. The van der Waals surface area contributed by atoms with Gasteiger partial charge < -0.3 is 34.5 Å². The van der Waals surface area contributed by atoms with E-state index in [2.05, 4.69) is 9.97 Å². The summed E-state index contributed by atoms with van der Waals surface area (Å²) in [5.74, 6) is -1.56. The first-order valence-electron chi connectivity index (χ1n) is 13.3. The minimum atomic E-state index is -4.23. The lowest BCUT2D eigenvalue weighted by Gasteiger charge is -2.36. The van der Waals surface area contributed by atoms with Crippen molar-refractivity contribution in [3.8, 4) is 5.75 Å². The largest absolute Gasteiger partial charge is 0.463 e. The molecule has 3 heterocycles. The molecule has 13 nitrogen and oxygen atoms in total. The van der Waals surface area contributed by atoms with Gasteiger partial charge in [-0.05, 0) is 45.9 Å². The monoisotopic (exact) mass is 610 g/mol. The fraction of sp³-hybridized carbons (Fsp3) is 0.519. The molecule has 0 radical (unpaired) electrons. The van der Waals surface area contributed by atoms with Gasteiger partial charge in [-0.1, -0.05) is 25.1 Å². The summed E-state index contributed by atoms with van der Waals surface area (Å²) in [4.78, 5) is 31.3. The predicted octanol–water partition coefficient (Wildman–Crippen LogP) is 2.92. The van der Waals surface area contributed by atoms with Gasteiger partial charge in [-0.2, -0.15) is 4.98 Å². The molecule has 1 aliphatic rings. The van der Waals surface area contributed by atoms with Crippen LogP contribution < -0.4 is 15.8 Å². The summed E-state index contributed by atoms with van der Waals surface area (Å²) in [7, 11) is -4.23. The van der Waals surface area contributed by atoms with E-state index in [9.17, 15) is 28.8 Å². The van der Waals surface area contributed by atoms with Crippen LogP contribution in [0.1, 0.15) is 40.8 Å². The van der Waals surface area contributed by atoms with Gasteiger partial charge in [-0.25, -0.2) is 8.96 Å². The average Bonchev–Trinajstić information content (AvgIpc) is 3.42. The van der Waals surface area contributed by atoms with Gasteiger partial charge in [0, 0.05) is 6.20 Å². The lowest BCUT2D eigenvalue weighted by Crippen LogP contribution is -2.53. The number of carbonyl (C=O) groups excluding carboxylic acids is 1. The van der Waals surface area contributed by atoms with E-state index in [1.165, 1.54) is 37.6 Å². The zero-order valence-electron chi connectivity index (χ0n) is 23.9. The number of aliphatic hydroxyl groups is 2. The number of benzene rings is 1. The summed E-state index contributed by atoms with van der Waals surface area (Å²) in [5, 5.41) is 22.6. The number of esters is 1. The predicted molar refractivity (Wildman–Crippen MR) is 151 cm³/mol. The molecule has 6 atom stereocenters. The zero-order chi connectivity index (χ0) is 31.0. The number of anilines is 1. The van der Waals surface area contributed by atoms with E-state index in [4.69, 9.17) is 24.3 Å². The number of para-hydroxylation sites is 1. The Bertz CT molecular complexity index is 1530. The Balaban J connectivity index is 1.68. The quantitative estimate of drug-likeness (QED) is 0.185. The third kappa shape index (κ3) is 6.23. The van der Waals surface area contributed by atoms with Gasteiger partial charge in [-0.3, -0.25) is 19.1 Å². The number of hydrogen-bond donors (Lipinski definition) is 4. The van der Waals surface area contributed by atoms with E-state index in [0.29, 0.717) is 0 Å². The van der Waals surface area contributed by atoms with Crippen LogP contribution in [0.15, 0.2) is 47.4 Å². The van der Waals surface area contributed by atoms with E-state index in [1.54, 1.807) is 44.2 Å². The van der Waals surface area contributed by atoms with Crippen molar-refractivity contribution in [2.24, 2.45) is 5.92 Å². The highest BCUT2D eigenvalue weighted by Crippen LogP contribution is 2.56. The number of aliphatic hydroxyl groups excluding tert-OH is 1. The maximum absolute atomic E-state index is 14.5. The molecule has 0 saturated carbocycles. The molecular weight excluding hydrogens is 574 g/mol. The number of aromatic amines is 1. The van der Waals surface area contributed by atoms with Crippen molar-refractivity contribution in [1.82, 2.24) is 14.5 Å². The van der Waals surface area contributed by atoms with E-state index in [0.717, 1.165) is 0 Å². The molecule has 1 fully saturated rings. The molecule has 42 heavy (non-hydrogen) atoms. The molecule has 4 rings (SSSR count). The minimum absolute atomic E-state index is 0.0183. The molecule has 3 aromatic rings. The number of nitrogen functional groups attached to an aromatic ring is 1. The van der Waals surface area contributed by atoms with Crippen molar-refractivity contribution in [3.63, 3.8) is 0 Å². The lowest BCUT2D eigenvalue weighted by molar-refractivity contribution is -0.151. The molecule has 0 spiro atoms.